The molecule has 6 nitrogen and oxygen atoms in total. The van der Waals surface area contributed by atoms with E-state index in [0.717, 1.165) is 62.5 Å². The number of benzene rings is 1. The van der Waals surface area contributed by atoms with E-state index in [1.807, 2.05) is 28.6 Å². The lowest BCUT2D eigenvalue weighted by Gasteiger charge is -2.26. The van der Waals surface area contributed by atoms with Crippen molar-refractivity contribution in [3.05, 3.63) is 47.3 Å². The van der Waals surface area contributed by atoms with Crippen molar-refractivity contribution in [2.75, 3.05) is 13.1 Å². The number of hydrogen-bond acceptors (Lipinski definition) is 3. The second-order valence-corrected chi connectivity index (χ2v) is 7.32. The molecule has 0 bridgehead atoms. The predicted octanol–water partition coefficient (Wildman–Crippen LogP) is 2.83. The molecule has 138 valence electrons. The number of carbonyl (C=O) groups is 1. The molecule has 2 aliphatic rings. The Labute approximate surface area is 152 Å². The van der Waals surface area contributed by atoms with Gasteiger partial charge >= 0.3 is 6.03 Å². The molecule has 2 aliphatic heterocycles. The Morgan fingerprint density at radius 2 is 2.08 bits per heavy atom. The summed E-state index contributed by atoms with van der Waals surface area (Å²) in [6.07, 6.45) is 3.75. The van der Waals surface area contributed by atoms with Gasteiger partial charge in [-0.05, 0) is 56.2 Å². The number of likely N-dealkylation sites (tertiary alicyclic amines) is 1. The summed E-state index contributed by atoms with van der Waals surface area (Å²) >= 11 is 0. The van der Waals surface area contributed by atoms with E-state index in [9.17, 15) is 9.18 Å². The van der Waals surface area contributed by atoms with Gasteiger partial charge in [-0.1, -0.05) is 12.1 Å². The van der Waals surface area contributed by atoms with Gasteiger partial charge in [-0.15, -0.1) is 0 Å². The van der Waals surface area contributed by atoms with Crippen LogP contribution in [0, 0.1) is 18.7 Å². The maximum atomic E-state index is 13.0. The van der Waals surface area contributed by atoms with Crippen LogP contribution in [0.1, 0.15) is 42.5 Å². The van der Waals surface area contributed by atoms with Gasteiger partial charge in [0.15, 0.2) is 0 Å². The molecule has 4 rings (SSSR count). The van der Waals surface area contributed by atoms with Gasteiger partial charge in [0.25, 0.3) is 0 Å². The summed E-state index contributed by atoms with van der Waals surface area (Å²) in [6, 6.07) is 6.57. The van der Waals surface area contributed by atoms with Crippen molar-refractivity contribution in [3.63, 3.8) is 0 Å². The zero-order valence-corrected chi connectivity index (χ0v) is 15.0. The van der Waals surface area contributed by atoms with E-state index in [2.05, 4.69) is 15.4 Å². The maximum Gasteiger partial charge on any atom is 0.317 e. The third-order valence-corrected chi connectivity index (χ3v) is 5.29. The van der Waals surface area contributed by atoms with Gasteiger partial charge in [0.2, 0.25) is 0 Å². The predicted molar refractivity (Wildman–Crippen MR) is 95.0 cm³/mol. The summed E-state index contributed by atoms with van der Waals surface area (Å²) in [5.74, 6) is 1.83. The molecule has 0 radical (unpaired) electrons. The van der Waals surface area contributed by atoms with Crippen LogP contribution >= 0.6 is 0 Å². The Morgan fingerprint density at radius 1 is 1.27 bits per heavy atom. The van der Waals surface area contributed by atoms with Crippen molar-refractivity contribution < 1.29 is 9.18 Å². The first kappa shape index (κ1) is 17.0. The zero-order valence-electron chi connectivity index (χ0n) is 15.0. The molecule has 2 amide bonds. The Bertz CT molecular complexity index is 788. The van der Waals surface area contributed by atoms with Gasteiger partial charge in [0.1, 0.15) is 17.5 Å². The minimum atomic E-state index is -0.211. The van der Waals surface area contributed by atoms with Crippen LogP contribution in [0.15, 0.2) is 24.3 Å². The second-order valence-electron chi connectivity index (χ2n) is 7.32. The molecule has 2 atom stereocenters. The highest BCUT2D eigenvalue weighted by molar-refractivity contribution is 5.75. The van der Waals surface area contributed by atoms with Crippen LogP contribution in [-0.4, -0.2) is 38.8 Å². The average Bonchev–Trinajstić information content (AvgIpc) is 3.23. The minimum Gasteiger partial charge on any atom is -0.328 e. The number of carbonyl (C=O) groups excluding carboxylic acids is 1. The molecule has 1 saturated heterocycles. The van der Waals surface area contributed by atoms with E-state index >= 15 is 0 Å². The Hall–Kier alpha value is -2.44. The van der Waals surface area contributed by atoms with Crippen LogP contribution in [0.25, 0.3) is 0 Å². The summed E-state index contributed by atoms with van der Waals surface area (Å²) in [7, 11) is 0. The molecule has 2 aromatic rings. The molecule has 1 N–H and O–H groups in total. The highest BCUT2D eigenvalue weighted by atomic mass is 19.1. The van der Waals surface area contributed by atoms with E-state index in [1.165, 1.54) is 12.1 Å². The third-order valence-electron chi connectivity index (χ3n) is 5.29. The molecule has 0 saturated carbocycles. The SMILES string of the molecule is Cc1nc2n(n1)CCCC2NC(=O)N1CCC(Cc2ccc(F)cc2)C1. The summed E-state index contributed by atoms with van der Waals surface area (Å²) in [5.41, 5.74) is 1.12. The molecule has 2 unspecified atom stereocenters. The number of nitrogens with one attached hydrogen (secondary N) is 1. The summed E-state index contributed by atoms with van der Waals surface area (Å²) in [5, 5.41) is 7.52. The van der Waals surface area contributed by atoms with Crippen LogP contribution in [0.3, 0.4) is 0 Å². The third kappa shape index (κ3) is 3.57. The molecule has 7 heteroatoms. The van der Waals surface area contributed by atoms with Crippen molar-refractivity contribution in [2.24, 2.45) is 5.92 Å². The van der Waals surface area contributed by atoms with Gasteiger partial charge in [0.05, 0.1) is 6.04 Å². The highest BCUT2D eigenvalue weighted by Gasteiger charge is 2.30. The van der Waals surface area contributed by atoms with E-state index in [4.69, 9.17) is 0 Å². The molecular formula is C19H24FN5O. The zero-order chi connectivity index (χ0) is 18.1. The van der Waals surface area contributed by atoms with Crippen molar-refractivity contribution in [1.29, 1.82) is 0 Å². The normalized spacial score (nSPS) is 22.3. The van der Waals surface area contributed by atoms with Crippen molar-refractivity contribution >= 4 is 6.03 Å². The van der Waals surface area contributed by atoms with E-state index in [0.29, 0.717) is 5.92 Å². The van der Waals surface area contributed by atoms with Crippen molar-refractivity contribution in [3.8, 4) is 0 Å². The fraction of sp³-hybridized carbons (Fsp3) is 0.526. The van der Waals surface area contributed by atoms with Gasteiger partial charge < -0.3 is 10.2 Å². The lowest BCUT2D eigenvalue weighted by molar-refractivity contribution is 0.199. The summed E-state index contributed by atoms with van der Waals surface area (Å²) in [6.45, 7) is 4.24. The van der Waals surface area contributed by atoms with Crippen LogP contribution < -0.4 is 5.32 Å². The molecule has 0 spiro atoms. The van der Waals surface area contributed by atoms with E-state index in [1.54, 1.807) is 0 Å². The Kier molecular flexibility index (Phi) is 4.61. The maximum absolute atomic E-state index is 13.0. The lowest BCUT2D eigenvalue weighted by atomic mass is 9.99. The fourth-order valence-corrected chi connectivity index (χ4v) is 3.98. The van der Waals surface area contributed by atoms with Gasteiger partial charge in [-0.2, -0.15) is 5.10 Å². The van der Waals surface area contributed by atoms with E-state index < -0.39 is 0 Å². The Balaban J connectivity index is 1.34. The molecule has 1 aromatic carbocycles. The fourth-order valence-electron chi connectivity index (χ4n) is 3.98. The number of amides is 2. The standard InChI is InChI=1S/C19H24FN5O/c1-13-21-18-17(3-2-9-25(18)23-13)22-19(26)24-10-8-15(12-24)11-14-4-6-16(20)7-5-14/h4-7,15,17H,2-3,8-12H2,1H3,(H,22,26). The van der Waals surface area contributed by atoms with Crippen LogP contribution in [0.5, 0.6) is 0 Å². The van der Waals surface area contributed by atoms with Gasteiger partial charge in [-0.25, -0.2) is 18.9 Å². The van der Waals surface area contributed by atoms with Crippen LogP contribution in [0.2, 0.25) is 0 Å². The molecule has 3 heterocycles. The number of aryl methyl sites for hydroxylation is 2. The first-order valence-corrected chi connectivity index (χ1v) is 9.30. The first-order valence-electron chi connectivity index (χ1n) is 9.30. The molecule has 26 heavy (non-hydrogen) atoms. The number of urea groups is 1. The monoisotopic (exact) mass is 357 g/mol. The average molecular weight is 357 g/mol. The van der Waals surface area contributed by atoms with Crippen molar-refractivity contribution in [1.82, 2.24) is 25.0 Å². The van der Waals surface area contributed by atoms with Gasteiger partial charge in [-0.3, -0.25) is 0 Å². The lowest BCUT2D eigenvalue weighted by Crippen LogP contribution is -2.42. The second kappa shape index (κ2) is 7.05. The van der Waals surface area contributed by atoms with Crippen LogP contribution in [0.4, 0.5) is 9.18 Å². The number of halogens is 1. The first-order chi connectivity index (χ1) is 12.6. The van der Waals surface area contributed by atoms with Crippen molar-refractivity contribution in [2.45, 2.75) is 45.2 Å². The summed E-state index contributed by atoms with van der Waals surface area (Å²) in [4.78, 5) is 19.0. The number of aromatic nitrogens is 3. The quantitative estimate of drug-likeness (QED) is 0.919. The molecular weight excluding hydrogens is 333 g/mol. The Morgan fingerprint density at radius 3 is 2.88 bits per heavy atom. The summed E-state index contributed by atoms with van der Waals surface area (Å²) < 4.78 is 14.9. The topological polar surface area (TPSA) is 63.1 Å². The van der Waals surface area contributed by atoms with E-state index in [-0.39, 0.29) is 17.9 Å². The van der Waals surface area contributed by atoms with Crippen LogP contribution in [-0.2, 0) is 13.0 Å². The number of fused-ring (bicyclic) bond motifs is 1. The molecule has 1 aromatic heterocycles. The van der Waals surface area contributed by atoms with Gasteiger partial charge in [0, 0.05) is 19.6 Å². The molecule has 0 aliphatic carbocycles. The number of nitrogens with zero attached hydrogens (tertiary/aromatic N) is 4. The largest absolute Gasteiger partial charge is 0.328 e. The minimum absolute atomic E-state index is 0.0225. The smallest absolute Gasteiger partial charge is 0.317 e. The highest BCUT2D eigenvalue weighted by Crippen LogP contribution is 2.25. The number of hydrogen-bond donors (Lipinski definition) is 1. The number of rotatable bonds is 3. The molecule has 1 fully saturated rings.